The van der Waals surface area contributed by atoms with Crippen LogP contribution in [0.1, 0.15) is 28.9 Å². The van der Waals surface area contributed by atoms with Crippen molar-refractivity contribution in [3.63, 3.8) is 0 Å². The number of rotatable bonds is 3. The number of urea groups is 1. The molecule has 0 unspecified atom stereocenters. The molecule has 2 aliphatic heterocycles. The molecule has 6 rings (SSSR count). The first kappa shape index (κ1) is 22.7. The van der Waals surface area contributed by atoms with Crippen LogP contribution in [0.5, 0.6) is 0 Å². The van der Waals surface area contributed by atoms with Crippen molar-refractivity contribution in [2.75, 3.05) is 31.5 Å². The predicted octanol–water partition coefficient (Wildman–Crippen LogP) is 5.52. The third-order valence-electron chi connectivity index (χ3n) is 7.60. The van der Waals surface area contributed by atoms with E-state index in [1.54, 1.807) is 0 Å². The quantitative estimate of drug-likeness (QED) is 0.404. The van der Waals surface area contributed by atoms with Crippen LogP contribution in [-0.2, 0) is 0 Å². The molecular formula is C28H27N5O2S. The molecule has 1 N–H and O–H groups in total. The molecule has 3 heterocycles. The lowest BCUT2D eigenvalue weighted by atomic mass is 9.78. The smallest absolute Gasteiger partial charge is 0.321 e. The van der Waals surface area contributed by atoms with E-state index in [0.29, 0.717) is 23.7 Å². The standard InChI is InChI=1S/C28H27N5O2S/c34-26(25-24(30-31-36-25)21-8-2-1-3-9-21)33-18-15-28(19-33)13-16-32(17-14-28)27(35)29-23-12-6-10-20-7-4-5-11-22(20)23/h1-12H,13-19H2,(H,29,35). The molecule has 0 bridgehead atoms. The van der Waals surface area contributed by atoms with Gasteiger partial charge in [0, 0.05) is 37.1 Å². The molecule has 3 aromatic carbocycles. The molecule has 2 saturated heterocycles. The van der Waals surface area contributed by atoms with Gasteiger partial charge in [-0.2, -0.15) is 0 Å². The van der Waals surface area contributed by atoms with Gasteiger partial charge in [0.1, 0.15) is 10.6 Å². The SMILES string of the molecule is O=C(Nc1cccc2ccccc12)N1CCC2(CC1)CCN(C(=O)c1snnc1-c1ccccc1)C2. The van der Waals surface area contributed by atoms with Crippen LogP contribution in [0.15, 0.2) is 72.8 Å². The number of anilines is 1. The summed E-state index contributed by atoms with van der Waals surface area (Å²) in [6.45, 7) is 2.83. The highest BCUT2D eigenvalue weighted by Crippen LogP contribution is 2.41. The van der Waals surface area contributed by atoms with Crippen LogP contribution in [0.2, 0.25) is 0 Å². The predicted molar refractivity (Wildman–Crippen MR) is 142 cm³/mol. The fourth-order valence-electron chi connectivity index (χ4n) is 5.49. The number of hydrogen-bond donors (Lipinski definition) is 1. The number of carbonyl (C=O) groups excluding carboxylic acids is 2. The normalized spacial score (nSPS) is 17.0. The maximum absolute atomic E-state index is 13.4. The highest BCUT2D eigenvalue weighted by Gasteiger charge is 2.43. The zero-order chi connectivity index (χ0) is 24.5. The summed E-state index contributed by atoms with van der Waals surface area (Å²) in [4.78, 5) is 30.9. The summed E-state index contributed by atoms with van der Waals surface area (Å²) in [6.07, 6.45) is 2.75. The van der Waals surface area contributed by atoms with Crippen molar-refractivity contribution in [1.82, 2.24) is 19.4 Å². The number of hydrogen-bond acceptors (Lipinski definition) is 5. The van der Waals surface area contributed by atoms with Crippen LogP contribution in [0.25, 0.3) is 22.0 Å². The number of likely N-dealkylation sites (tertiary alicyclic amines) is 2. The van der Waals surface area contributed by atoms with Crippen molar-refractivity contribution in [1.29, 1.82) is 0 Å². The van der Waals surface area contributed by atoms with Gasteiger partial charge in [-0.1, -0.05) is 71.2 Å². The Labute approximate surface area is 213 Å². The zero-order valence-corrected chi connectivity index (χ0v) is 20.7. The first-order valence-corrected chi connectivity index (χ1v) is 13.1. The fraction of sp³-hybridized carbons (Fsp3) is 0.286. The summed E-state index contributed by atoms with van der Waals surface area (Å²) < 4.78 is 4.07. The van der Waals surface area contributed by atoms with Crippen molar-refractivity contribution in [2.45, 2.75) is 19.3 Å². The lowest BCUT2D eigenvalue weighted by Crippen LogP contribution is -2.46. The maximum Gasteiger partial charge on any atom is 0.321 e. The van der Waals surface area contributed by atoms with Gasteiger partial charge in [0.25, 0.3) is 5.91 Å². The molecule has 1 aromatic heterocycles. The van der Waals surface area contributed by atoms with E-state index in [9.17, 15) is 9.59 Å². The van der Waals surface area contributed by atoms with Gasteiger partial charge in [-0.15, -0.1) is 5.10 Å². The Morgan fingerprint density at radius 2 is 1.53 bits per heavy atom. The van der Waals surface area contributed by atoms with Crippen LogP contribution in [0.4, 0.5) is 10.5 Å². The summed E-state index contributed by atoms with van der Waals surface area (Å²) >= 11 is 1.17. The van der Waals surface area contributed by atoms with E-state index in [2.05, 4.69) is 14.9 Å². The van der Waals surface area contributed by atoms with Crippen LogP contribution in [0, 0.1) is 5.41 Å². The van der Waals surface area contributed by atoms with E-state index in [1.165, 1.54) is 11.5 Å². The Balaban J connectivity index is 1.09. The Bertz CT molecular complexity index is 1410. The lowest BCUT2D eigenvalue weighted by Gasteiger charge is -2.39. The average molecular weight is 498 g/mol. The zero-order valence-electron chi connectivity index (χ0n) is 19.9. The van der Waals surface area contributed by atoms with Crippen molar-refractivity contribution in [3.8, 4) is 11.3 Å². The van der Waals surface area contributed by atoms with E-state index in [4.69, 9.17) is 0 Å². The van der Waals surface area contributed by atoms with Gasteiger partial charge in [0.2, 0.25) is 0 Å². The van der Waals surface area contributed by atoms with Crippen LogP contribution >= 0.6 is 11.5 Å². The molecule has 2 aliphatic rings. The number of benzene rings is 3. The molecular weight excluding hydrogens is 470 g/mol. The van der Waals surface area contributed by atoms with Gasteiger partial charge < -0.3 is 15.1 Å². The number of fused-ring (bicyclic) bond motifs is 1. The van der Waals surface area contributed by atoms with Gasteiger partial charge in [0.15, 0.2) is 0 Å². The second-order valence-corrected chi connectivity index (χ2v) is 10.5. The topological polar surface area (TPSA) is 78.4 Å². The van der Waals surface area contributed by atoms with Crippen LogP contribution in [-0.4, -0.2) is 57.5 Å². The maximum atomic E-state index is 13.4. The summed E-state index contributed by atoms with van der Waals surface area (Å²) in [7, 11) is 0. The molecule has 0 aliphatic carbocycles. The molecule has 2 fully saturated rings. The molecule has 3 amide bonds. The summed E-state index contributed by atoms with van der Waals surface area (Å²) in [5.41, 5.74) is 2.47. The Kier molecular flexibility index (Phi) is 5.89. The molecule has 182 valence electrons. The van der Waals surface area contributed by atoms with Crippen molar-refractivity contribution in [3.05, 3.63) is 77.7 Å². The highest BCUT2D eigenvalue weighted by atomic mass is 32.1. The average Bonchev–Trinajstić information content (AvgIpc) is 3.58. The van der Waals surface area contributed by atoms with E-state index in [0.717, 1.165) is 54.4 Å². The Morgan fingerprint density at radius 1 is 0.833 bits per heavy atom. The number of amides is 3. The molecule has 36 heavy (non-hydrogen) atoms. The van der Waals surface area contributed by atoms with Crippen LogP contribution in [0.3, 0.4) is 0 Å². The molecule has 4 aromatic rings. The van der Waals surface area contributed by atoms with Gasteiger partial charge in [-0.25, -0.2) is 4.79 Å². The fourth-order valence-corrected chi connectivity index (χ4v) is 6.15. The first-order valence-electron chi connectivity index (χ1n) is 12.3. The minimum absolute atomic E-state index is 0.0110. The van der Waals surface area contributed by atoms with E-state index < -0.39 is 0 Å². The molecule has 0 saturated carbocycles. The van der Waals surface area contributed by atoms with Gasteiger partial charge >= 0.3 is 6.03 Å². The van der Waals surface area contributed by atoms with Gasteiger partial charge in [-0.05, 0) is 47.7 Å². The number of aromatic nitrogens is 2. The van der Waals surface area contributed by atoms with E-state index in [-0.39, 0.29) is 17.4 Å². The first-order chi connectivity index (χ1) is 17.6. The van der Waals surface area contributed by atoms with Crippen molar-refractivity contribution in [2.24, 2.45) is 5.41 Å². The van der Waals surface area contributed by atoms with E-state index >= 15 is 0 Å². The number of piperidine rings is 1. The summed E-state index contributed by atoms with van der Waals surface area (Å²) in [6, 6.07) is 23.7. The largest absolute Gasteiger partial charge is 0.337 e. The number of nitrogens with zero attached hydrogens (tertiary/aromatic N) is 4. The summed E-state index contributed by atoms with van der Waals surface area (Å²) in [5.74, 6) is 0.0110. The van der Waals surface area contributed by atoms with Gasteiger partial charge in [-0.3, -0.25) is 4.79 Å². The number of carbonyl (C=O) groups is 2. The third-order valence-corrected chi connectivity index (χ3v) is 8.31. The number of nitrogens with one attached hydrogen (secondary N) is 1. The third kappa shape index (κ3) is 4.22. The van der Waals surface area contributed by atoms with Gasteiger partial charge in [0.05, 0.1) is 5.69 Å². The molecule has 0 radical (unpaired) electrons. The Hall–Kier alpha value is -3.78. The molecule has 7 nitrogen and oxygen atoms in total. The van der Waals surface area contributed by atoms with Crippen LogP contribution < -0.4 is 5.32 Å². The van der Waals surface area contributed by atoms with Crippen molar-refractivity contribution < 1.29 is 9.59 Å². The minimum Gasteiger partial charge on any atom is -0.337 e. The molecule has 0 atom stereocenters. The second kappa shape index (κ2) is 9.35. The second-order valence-electron chi connectivity index (χ2n) is 9.74. The minimum atomic E-state index is -0.0598. The summed E-state index contributed by atoms with van der Waals surface area (Å²) in [5, 5.41) is 9.49. The Morgan fingerprint density at radius 3 is 2.33 bits per heavy atom. The van der Waals surface area contributed by atoms with Crippen molar-refractivity contribution >= 4 is 39.9 Å². The van der Waals surface area contributed by atoms with E-state index in [1.807, 2.05) is 82.6 Å². The highest BCUT2D eigenvalue weighted by molar-refractivity contribution is 7.08. The molecule has 8 heteroatoms. The monoisotopic (exact) mass is 497 g/mol. The lowest BCUT2D eigenvalue weighted by molar-refractivity contribution is 0.0744. The molecule has 1 spiro atoms.